The summed E-state index contributed by atoms with van der Waals surface area (Å²) in [5, 5.41) is 16.1. The van der Waals surface area contributed by atoms with Crippen LogP contribution >= 0.6 is 0 Å². The normalized spacial score (nSPS) is 15.2. The van der Waals surface area contributed by atoms with Crippen LogP contribution in [0.25, 0.3) is 11.4 Å². The summed E-state index contributed by atoms with van der Waals surface area (Å²) in [6, 6.07) is 11.9. The molecule has 0 radical (unpaired) electrons. The topological polar surface area (TPSA) is 105 Å². The number of nitrogens with zero attached hydrogens (tertiary/aromatic N) is 2. The van der Waals surface area contributed by atoms with Crippen molar-refractivity contribution in [3.8, 4) is 11.4 Å². The molecule has 2 N–H and O–H groups in total. The van der Waals surface area contributed by atoms with Gasteiger partial charge in [0.15, 0.2) is 0 Å². The van der Waals surface area contributed by atoms with Gasteiger partial charge in [0, 0.05) is 17.5 Å². The van der Waals surface area contributed by atoms with E-state index in [1.165, 1.54) is 12.1 Å². The molecule has 4 rings (SSSR count). The lowest BCUT2D eigenvalue weighted by molar-refractivity contribution is 0.0697. The van der Waals surface area contributed by atoms with Crippen LogP contribution in [0.15, 0.2) is 47.0 Å². The van der Waals surface area contributed by atoms with Crippen LogP contribution in [0.4, 0.5) is 0 Å². The Hall–Kier alpha value is -3.48. The minimum atomic E-state index is -1.05. The molecule has 0 aliphatic heterocycles. The number of amides is 1. The third kappa shape index (κ3) is 3.38. The second-order valence-corrected chi connectivity index (χ2v) is 6.73. The minimum absolute atomic E-state index is 0.0932. The Kier molecular flexibility index (Phi) is 4.65. The summed E-state index contributed by atoms with van der Waals surface area (Å²) < 4.78 is 5.18. The number of benzene rings is 2. The molecule has 142 valence electrons. The van der Waals surface area contributed by atoms with E-state index in [9.17, 15) is 9.59 Å². The van der Waals surface area contributed by atoms with Gasteiger partial charge in [0.05, 0.1) is 11.6 Å². The van der Waals surface area contributed by atoms with Gasteiger partial charge in [-0.2, -0.15) is 4.98 Å². The Bertz CT molecular complexity index is 1060. The number of aromatic nitrogens is 2. The highest BCUT2D eigenvalue weighted by Crippen LogP contribution is 2.34. The Morgan fingerprint density at radius 1 is 1.21 bits per heavy atom. The average Bonchev–Trinajstić information content (AvgIpc) is 3.35. The molecule has 0 bridgehead atoms. The molecule has 0 saturated carbocycles. The van der Waals surface area contributed by atoms with Crippen LogP contribution in [0.2, 0.25) is 0 Å². The van der Waals surface area contributed by atoms with Gasteiger partial charge < -0.3 is 14.9 Å². The van der Waals surface area contributed by atoms with Crippen LogP contribution in [-0.2, 0) is 12.8 Å². The summed E-state index contributed by atoms with van der Waals surface area (Å²) in [6.07, 6.45) is 2.31. The zero-order valence-corrected chi connectivity index (χ0v) is 15.3. The number of fused-ring (bicyclic) bond motifs is 1. The van der Waals surface area contributed by atoms with Gasteiger partial charge in [-0.25, -0.2) is 4.79 Å². The summed E-state index contributed by atoms with van der Waals surface area (Å²) in [6.45, 7) is 1.96. The summed E-state index contributed by atoms with van der Waals surface area (Å²) in [5.74, 6) is -0.168. The zero-order valence-electron chi connectivity index (χ0n) is 15.3. The van der Waals surface area contributed by atoms with E-state index in [2.05, 4.69) is 15.5 Å². The molecule has 3 aromatic rings. The van der Waals surface area contributed by atoms with Crippen LogP contribution in [-0.4, -0.2) is 27.1 Å². The van der Waals surface area contributed by atoms with E-state index in [-0.39, 0.29) is 17.5 Å². The fourth-order valence-corrected chi connectivity index (χ4v) is 3.46. The first-order chi connectivity index (χ1) is 13.5. The van der Waals surface area contributed by atoms with Crippen molar-refractivity contribution in [2.75, 3.05) is 0 Å². The maximum absolute atomic E-state index is 12.6. The van der Waals surface area contributed by atoms with Gasteiger partial charge in [-0.15, -0.1) is 0 Å². The van der Waals surface area contributed by atoms with Crippen molar-refractivity contribution in [1.82, 2.24) is 15.5 Å². The van der Waals surface area contributed by atoms with Crippen LogP contribution in [0.5, 0.6) is 0 Å². The van der Waals surface area contributed by atoms with Crippen LogP contribution in [0.3, 0.4) is 0 Å². The van der Waals surface area contributed by atoms with Crippen molar-refractivity contribution < 1.29 is 19.2 Å². The predicted octanol–water partition coefficient (Wildman–Crippen LogP) is 3.41. The number of hydrogen-bond donors (Lipinski definition) is 2. The number of aromatic carboxylic acids is 1. The highest BCUT2D eigenvalue weighted by molar-refractivity contribution is 5.97. The van der Waals surface area contributed by atoms with Gasteiger partial charge in [0.1, 0.15) is 0 Å². The third-order valence-corrected chi connectivity index (χ3v) is 4.93. The molecule has 2 aromatic carbocycles. The molecule has 7 nitrogen and oxygen atoms in total. The highest BCUT2D eigenvalue weighted by Gasteiger charge is 2.25. The maximum atomic E-state index is 12.6. The van der Waals surface area contributed by atoms with Crippen molar-refractivity contribution in [3.63, 3.8) is 0 Å². The van der Waals surface area contributed by atoms with Crippen molar-refractivity contribution in [3.05, 3.63) is 70.6 Å². The van der Waals surface area contributed by atoms with E-state index in [0.717, 1.165) is 29.5 Å². The number of carbonyl (C=O) groups is 2. The van der Waals surface area contributed by atoms with Crippen molar-refractivity contribution in [1.29, 1.82) is 0 Å². The van der Waals surface area contributed by atoms with Gasteiger partial charge in [-0.05, 0) is 48.2 Å². The second-order valence-electron chi connectivity index (χ2n) is 6.73. The first-order valence-corrected chi connectivity index (χ1v) is 9.15. The maximum Gasteiger partial charge on any atom is 0.335 e. The molecule has 1 atom stereocenters. The van der Waals surface area contributed by atoms with Gasteiger partial charge in [-0.1, -0.05) is 30.3 Å². The molecule has 1 aliphatic rings. The largest absolute Gasteiger partial charge is 0.478 e. The number of hydrogen-bond acceptors (Lipinski definition) is 5. The standard InChI is InChI=1S/C21H19N3O4/c1-2-18-23-19(24-28-18)13-6-8-16-12(10-13)7-9-17(16)22-20(25)14-4-3-5-15(11-14)21(26)27/h3-6,8,10-11,17H,2,7,9H2,1H3,(H,22,25)(H,26,27). The second kappa shape index (κ2) is 7.26. The summed E-state index contributed by atoms with van der Waals surface area (Å²) in [4.78, 5) is 28.0. The van der Waals surface area contributed by atoms with Crippen LogP contribution < -0.4 is 5.32 Å². The van der Waals surface area contributed by atoms with Gasteiger partial charge in [0.2, 0.25) is 11.7 Å². The molecule has 0 saturated heterocycles. The SMILES string of the molecule is CCc1nc(-c2ccc3c(c2)CCC3NC(=O)c2cccc(C(=O)O)c2)no1. The fraction of sp³-hybridized carbons (Fsp3) is 0.238. The molecule has 0 fully saturated rings. The van der Waals surface area contributed by atoms with E-state index in [1.54, 1.807) is 12.1 Å². The number of carboxylic acid groups (broad SMARTS) is 1. The van der Waals surface area contributed by atoms with Crippen molar-refractivity contribution in [2.24, 2.45) is 0 Å². The molecular formula is C21H19N3O4. The number of rotatable bonds is 5. The molecule has 1 aliphatic carbocycles. The summed E-state index contributed by atoms with van der Waals surface area (Å²) >= 11 is 0. The molecule has 0 spiro atoms. The highest BCUT2D eigenvalue weighted by atomic mass is 16.5. The summed E-state index contributed by atoms with van der Waals surface area (Å²) in [7, 11) is 0. The molecular weight excluding hydrogens is 358 g/mol. The first kappa shape index (κ1) is 17.9. The lowest BCUT2D eigenvalue weighted by atomic mass is 10.0. The first-order valence-electron chi connectivity index (χ1n) is 9.15. The molecule has 1 amide bonds. The van der Waals surface area contributed by atoms with Crippen molar-refractivity contribution in [2.45, 2.75) is 32.2 Å². The summed E-state index contributed by atoms with van der Waals surface area (Å²) in [5.41, 5.74) is 3.53. The molecule has 1 heterocycles. The zero-order chi connectivity index (χ0) is 19.7. The Morgan fingerprint density at radius 3 is 2.79 bits per heavy atom. The van der Waals surface area contributed by atoms with Gasteiger partial charge >= 0.3 is 5.97 Å². The average molecular weight is 377 g/mol. The molecule has 1 aromatic heterocycles. The Morgan fingerprint density at radius 2 is 2.04 bits per heavy atom. The molecule has 1 unspecified atom stereocenters. The number of carboxylic acids is 1. The third-order valence-electron chi connectivity index (χ3n) is 4.93. The quantitative estimate of drug-likeness (QED) is 0.706. The molecule has 28 heavy (non-hydrogen) atoms. The van der Waals surface area contributed by atoms with E-state index >= 15 is 0 Å². The number of nitrogens with one attached hydrogen (secondary N) is 1. The van der Waals surface area contributed by atoms with E-state index in [0.29, 0.717) is 23.7 Å². The van der Waals surface area contributed by atoms with Crippen LogP contribution in [0.1, 0.15) is 57.1 Å². The van der Waals surface area contributed by atoms with Gasteiger partial charge in [-0.3, -0.25) is 4.79 Å². The minimum Gasteiger partial charge on any atom is -0.478 e. The van der Waals surface area contributed by atoms with Gasteiger partial charge in [0.25, 0.3) is 5.91 Å². The fourth-order valence-electron chi connectivity index (χ4n) is 3.46. The predicted molar refractivity (Wildman–Crippen MR) is 101 cm³/mol. The molecule has 7 heteroatoms. The van der Waals surface area contributed by atoms with E-state index < -0.39 is 5.97 Å². The number of aryl methyl sites for hydroxylation is 2. The Balaban J connectivity index is 1.52. The van der Waals surface area contributed by atoms with Crippen LogP contribution in [0, 0.1) is 0 Å². The van der Waals surface area contributed by atoms with E-state index in [1.807, 2.05) is 25.1 Å². The van der Waals surface area contributed by atoms with E-state index in [4.69, 9.17) is 9.63 Å². The van der Waals surface area contributed by atoms with Crippen molar-refractivity contribution >= 4 is 11.9 Å². The lowest BCUT2D eigenvalue weighted by Crippen LogP contribution is -2.27. The monoisotopic (exact) mass is 377 g/mol. The number of carbonyl (C=O) groups excluding carboxylic acids is 1. The Labute approximate surface area is 161 Å². The lowest BCUT2D eigenvalue weighted by Gasteiger charge is -2.14. The smallest absolute Gasteiger partial charge is 0.335 e.